The third-order valence-corrected chi connectivity index (χ3v) is 3.12. The first-order valence-corrected chi connectivity index (χ1v) is 6.93. The van der Waals surface area contributed by atoms with E-state index in [1.54, 1.807) is 13.3 Å². The molecular formula is C17H16N4O. The highest BCUT2D eigenvalue weighted by molar-refractivity contribution is 5.65. The fourth-order valence-corrected chi connectivity index (χ4v) is 2.13. The number of rotatable bonds is 4. The molecule has 0 saturated heterocycles. The van der Waals surface area contributed by atoms with E-state index in [-0.39, 0.29) is 0 Å². The van der Waals surface area contributed by atoms with Crippen LogP contribution in [0.15, 0.2) is 54.7 Å². The normalized spacial score (nSPS) is 10.3. The quantitative estimate of drug-likeness (QED) is 0.796. The zero-order valence-electron chi connectivity index (χ0n) is 12.4. The lowest BCUT2D eigenvalue weighted by molar-refractivity contribution is 0.417. The van der Waals surface area contributed by atoms with Gasteiger partial charge in [-0.1, -0.05) is 18.2 Å². The van der Waals surface area contributed by atoms with Gasteiger partial charge in [0.2, 0.25) is 0 Å². The van der Waals surface area contributed by atoms with Crippen molar-refractivity contribution in [1.82, 2.24) is 15.0 Å². The van der Waals surface area contributed by atoms with Gasteiger partial charge < -0.3 is 10.1 Å². The first kappa shape index (κ1) is 14.0. The van der Waals surface area contributed by atoms with Crippen molar-refractivity contribution in [2.24, 2.45) is 0 Å². The summed E-state index contributed by atoms with van der Waals surface area (Å²) >= 11 is 0. The Labute approximate surface area is 129 Å². The van der Waals surface area contributed by atoms with Crippen LogP contribution in [-0.4, -0.2) is 22.1 Å². The Morgan fingerprint density at radius 3 is 2.59 bits per heavy atom. The fraction of sp³-hybridized carbons (Fsp3) is 0.118. The molecule has 0 unspecified atom stereocenters. The molecule has 3 rings (SSSR count). The number of benzene rings is 1. The summed E-state index contributed by atoms with van der Waals surface area (Å²) in [5.74, 6) is 2.06. The number of pyridine rings is 1. The number of hydrogen-bond donors (Lipinski definition) is 1. The van der Waals surface area contributed by atoms with Crippen molar-refractivity contribution < 1.29 is 4.74 Å². The van der Waals surface area contributed by atoms with Crippen molar-refractivity contribution in [2.75, 3.05) is 12.4 Å². The zero-order valence-corrected chi connectivity index (χ0v) is 12.4. The molecule has 0 radical (unpaired) electrons. The highest BCUT2D eigenvalue weighted by Gasteiger charge is 2.08. The van der Waals surface area contributed by atoms with Crippen LogP contribution in [-0.2, 0) is 0 Å². The van der Waals surface area contributed by atoms with Crippen molar-refractivity contribution in [3.63, 3.8) is 0 Å². The number of anilines is 2. The molecule has 3 aromatic rings. The minimum atomic E-state index is 0.595. The number of nitrogens with one attached hydrogen (secondary N) is 1. The lowest BCUT2D eigenvalue weighted by atomic mass is 10.3. The molecule has 0 atom stereocenters. The zero-order chi connectivity index (χ0) is 15.4. The van der Waals surface area contributed by atoms with Crippen molar-refractivity contribution in [1.29, 1.82) is 0 Å². The van der Waals surface area contributed by atoms with E-state index in [9.17, 15) is 0 Å². The molecule has 1 N–H and O–H groups in total. The summed E-state index contributed by atoms with van der Waals surface area (Å²) in [7, 11) is 1.64. The van der Waals surface area contributed by atoms with Crippen LogP contribution in [0, 0.1) is 6.92 Å². The summed E-state index contributed by atoms with van der Waals surface area (Å²) in [6.45, 7) is 1.93. The molecule has 1 aromatic carbocycles. The number of nitrogens with zero attached hydrogens (tertiary/aromatic N) is 3. The van der Waals surface area contributed by atoms with Gasteiger partial charge >= 0.3 is 0 Å². The number of para-hydroxylation sites is 2. The van der Waals surface area contributed by atoms with Gasteiger partial charge in [0.25, 0.3) is 0 Å². The van der Waals surface area contributed by atoms with E-state index in [1.807, 2.05) is 55.5 Å². The number of hydrogen-bond acceptors (Lipinski definition) is 5. The van der Waals surface area contributed by atoms with Crippen molar-refractivity contribution in [3.05, 3.63) is 60.4 Å². The molecule has 5 nitrogen and oxygen atoms in total. The average Bonchev–Trinajstić information content (AvgIpc) is 2.56. The van der Waals surface area contributed by atoms with Crippen LogP contribution in [0.5, 0.6) is 5.75 Å². The van der Waals surface area contributed by atoms with Crippen LogP contribution in [0.3, 0.4) is 0 Å². The van der Waals surface area contributed by atoms with E-state index in [1.165, 1.54) is 0 Å². The van der Waals surface area contributed by atoms with Crippen molar-refractivity contribution in [3.8, 4) is 17.3 Å². The van der Waals surface area contributed by atoms with Gasteiger partial charge in [0.15, 0.2) is 5.82 Å². The predicted octanol–water partition coefficient (Wildman–Crippen LogP) is 3.60. The molecule has 2 aromatic heterocycles. The molecule has 0 fully saturated rings. The van der Waals surface area contributed by atoms with Crippen LogP contribution in [0.25, 0.3) is 11.5 Å². The summed E-state index contributed by atoms with van der Waals surface area (Å²) in [5, 5.41) is 3.27. The first-order valence-electron chi connectivity index (χ1n) is 6.93. The number of methoxy groups -OCH3 is 1. The second-order valence-electron chi connectivity index (χ2n) is 4.76. The van der Waals surface area contributed by atoms with Gasteiger partial charge in [0.1, 0.15) is 17.3 Å². The molecule has 0 saturated carbocycles. The topological polar surface area (TPSA) is 59.9 Å². The van der Waals surface area contributed by atoms with Gasteiger partial charge in [-0.3, -0.25) is 4.98 Å². The third kappa shape index (κ3) is 3.03. The Morgan fingerprint density at radius 2 is 1.82 bits per heavy atom. The molecule has 0 bridgehead atoms. The molecule has 0 amide bonds. The average molecular weight is 292 g/mol. The monoisotopic (exact) mass is 292 g/mol. The molecule has 0 spiro atoms. The van der Waals surface area contributed by atoms with Crippen LogP contribution in [0.2, 0.25) is 0 Å². The fourth-order valence-electron chi connectivity index (χ4n) is 2.13. The van der Waals surface area contributed by atoms with Crippen LogP contribution < -0.4 is 10.1 Å². The van der Waals surface area contributed by atoms with E-state index < -0.39 is 0 Å². The number of aryl methyl sites for hydroxylation is 1. The van der Waals surface area contributed by atoms with Gasteiger partial charge in [-0.05, 0) is 31.2 Å². The molecule has 0 aliphatic heterocycles. The third-order valence-electron chi connectivity index (χ3n) is 3.12. The predicted molar refractivity (Wildman–Crippen MR) is 86.3 cm³/mol. The van der Waals surface area contributed by atoms with Crippen LogP contribution in [0.4, 0.5) is 11.5 Å². The second-order valence-corrected chi connectivity index (χ2v) is 4.76. The molecule has 110 valence electrons. The molecule has 0 aliphatic rings. The minimum absolute atomic E-state index is 0.595. The van der Waals surface area contributed by atoms with E-state index >= 15 is 0 Å². The van der Waals surface area contributed by atoms with Crippen molar-refractivity contribution >= 4 is 11.5 Å². The van der Waals surface area contributed by atoms with E-state index in [0.29, 0.717) is 11.6 Å². The van der Waals surface area contributed by atoms with E-state index in [2.05, 4.69) is 20.3 Å². The molecule has 22 heavy (non-hydrogen) atoms. The summed E-state index contributed by atoms with van der Waals surface area (Å²) < 4.78 is 5.34. The largest absolute Gasteiger partial charge is 0.495 e. The van der Waals surface area contributed by atoms with Crippen LogP contribution in [0.1, 0.15) is 5.69 Å². The summed E-state index contributed by atoms with van der Waals surface area (Å²) in [4.78, 5) is 13.3. The highest BCUT2D eigenvalue weighted by atomic mass is 16.5. The highest BCUT2D eigenvalue weighted by Crippen LogP contribution is 2.27. The van der Waals surface area contributed by atoms with Crippen LogP contribution >= 0.6 is 0 Å². The molecule has 0 aliphatic carbocycles. The maximum absolute atomic E-state index is 5.34. The Bertz CT molecular complexity index is 775. The van der Waals surface area contributed by atoms with Gasteiger partial charge in [-0.2, -0.15) is 0 Å². The van der Waals surface area contributed by atoms with E-state index in [0.717, 1.165) is 22.8 Å². The Hall–Kier alpha value is -2.95. The SMILES string of the molecule is COc1ccccc1Nc1cc(C)nc(-c2ccccn2)n1. The Balaban J connectivity index is 1.96. The maximum atomic E-state index is 5.34. The lowest BCUT2D eigenvalue weighted by Gasteiger charge is -2.11. The first-order chi connectivity index (χ1) is 10.8. The minimum Gasteiger partial charge on any atom is -0.495 e. The molecule has 5 heteroatoms. The lowest BCUT2D eigenvalue weighted by Crippen LogP contribution is -2.01. The van der Waals surface area contributed by atoms with Gasteiger partial charge in [0, 0.05) is 18.0 Å². The second kappa shape index (κ2) is 6.22. The van der Waals surface area contributed by atoms with Gasteiger partial charge in [0.05, 0.1) is 12.8 Å². The summed E-state index contributed by atoms with van der Waals surface area (Å²) in [6.07, 6.45) is 1.73. The smallest absolute Gasteiger partial charge is 0.180 e. The molecular weight excluding hydrogens is 276 g/mol. The summed E-state index contributed by atoms with van der Waals surface area (Å²) in [6, 6.07) is 15.3. The summed E-state index contributed by atoms with van der Waals surface area (Å²) in [5.41, 5.74) is 2.47. The maximum Gasteiger partial charge on any atom is 0.180 e. The number of aromatic nitrogens is 3. The Kier molecular flexibility index (Phi) is 3.96. The number of ether oxygens (including phenoxy) is 1. The van der Waals surface area contributed by atoms with E-state index in [4.69, 9.17) is 4.74 Å². The standard InChI is InChI=1S/C17H16N4O/c1-12-11-16(20-13-7-3-4-9-15(13)22-2)21-17(19-12)14-8-5-6-10-18-14/h3-11H,1-2H3,(H,19,20,21). The van der Waals surface area contributed by atoms with Gasteiger partial charge in [-0.15, -0.1) is 0 Å². The van der Waals surface area contributed by atoms with Crippen molar-refractivity contribution in [2.45, 2.75) is 6.92 Å². The molecule has 2 heterocycles. The Morgan fingerprint density at radius 1 is 1.00 bits per heavy atom. The van der Waals surface area contributed by atoms with Gasteiger partial charge in [-0.25, -0.2) is 9.97 Å².